The lowest BCUT2D eigenvalue weighted by molar-refractivity contribution is 0.122. The normalized spacial score (nSPS) is 14.1. The topological polar surface area (TPSA) is 93.6 Å². The van der Waals surface area contributed by atoms with Crippen molar-refractivity contribution in [3.63, 3.8) is 0 Å². The zero-order valence-electron chi connectivity index (χ0n) is 17.7. The van der Waals surface area contributed by atoms with Gasteiger partial charge in [-0.1, -0.05) is 18.2 Å². The van der Waals surface area contributed by atoms with Gasteiger partial charge in [0.1, 0.15) is 11.5 Å². The van der Waals surface area contributed by atoms with Crippen LogP contribution in [0.5, 0.6) is 5.88 Å². The van der Waals surface area contributed by atoms with Gasteiger partial charge in [0.25, 0.3) is 0 Å². The van der Waals surface area contributed by atoms with Crippen molar-refractivity contribution in [1.82, 2.24) is 29.4 Å². The fourth-order valence-electron chi connectivity index (χ4n) is 4.03. The zero-order chi connectivity index (χ0) is 22.2. The van der Waals surface area contributed by atoms with E-state index in [4.69, 9.17) is 14.8 Å². The van der Waals surface area contributed by atoms with E-state index < -0.39 is 0 Å². The van der Waals surface area contributed by atoms with Crippen LogP contribution in [-0.2, 0) is 4.74 Å². The van der Waals surface area contributed by atoms with E-state index in [1.165, 1.54) is 4.68 Å². The molecule has 5 heterocycles. The highest BCUT2D eigenvalue weighted by Crippen LogP contribution is 2.30. The number of ether oxygens (including phenoxy) is 1. The molecule has 0 spiro atoms. The summed E-state index contributed by atoms with van der Waals surface area (Å²) in [4.78, 5) is 11.2. The molecule has 4 aromatic heterocycles. The smallest absolute Gasteiger partial charge is 0.214 e. The molecule has 1 saturated heterocycles. The van der Waals surface area contributed by atoms with E-state index in [1.54, 1.807) is 18.5 Å². The van der Waals surface area contributed by atoms with Gasteiger partial charge in [-0.25, -0.2) is 9.67 Å². The highest BCUT2D eigenvalue weighted by molar-refractivity contribution is 5.70. The van der Waals surface area contributed by atoms with Gasteiger partial charge in [0.2, 0.25) is 5.88 Å². The minimum absolute atomic E-state index is 0.0526. The molecule has 1 fully saturated rings. The van der Waals surface area contributed by atoms with Crippen LogP contribution in [0.15, 0.2) is 73.1 Å². The third-order valence-corrected chi connectivity index (χ3v) is 5.67. The predicted octanol–water partition coefficient (Wildman–Crippen LogP) is 3.19. The lowest BCUT2D eigenvalue weighted by Gasteiger charge is -2.29. The minimum atomic E-state index is 0.0526. The highest BCUT2D eigenvalue weighted by Gasteiger charge is 2.20. The molecule has 164 valence electrons. The van der Waals surface area contributed by atoms with Crippen molar-refractivity contribution in [1.29, 1.82) is 0 Å². The number of aromatic nitrogens is 6. The molecule has 0 bridgehead atoms. The molecule has 9 nitrogen and oxygen atoms in total. The Morgan fingerprint density at radius 3 is 2.39 bits per heavy atom. The second-order valence-electron chi connectivity index (χ2n) is 7.77. The summed E-state index contributed by atoms with van der Waals surface area (Å²) in [7, 11) is 0. The zero-order valence-corrected chi connectivity index (χ0v) is 17.7. The predicted molar refractivity (Wildman–Crippen MR) is 123 cm³/mol. The van der Waals surface area contributed by atoms with Crippen LogP contribution in [0.4, 0.5) is 5.82 Å². The number of aromatic hydroxyl groups is 1. The first-order valence-corrected chi connectivity index (χ1v) is 10.7. The SMILES string of the molecule is Oc1cc(-c2cc(N3CCOCC3)n3nc(-c4ccncc4)cc3n2)nn1-c1ccccc1. The molecule has 33 heavy (non-hydrogen) atoms. The van der Waals surface area contributed by atoms with Crippen LogP contribution in [-0.4, -0.2) is 60.8 Å². The van der Waals surface area contributed by atoms with Gasteiger partial charge < -0.3 is 14.7 Å². The lowest BCUT2D eigenvalue weighted by Crippen LogP contribution is -2.37. The van der Waals surface area contributed by atoms with E-state index in [0.717, 1.165) is 35.9 Å². The third kappa shape index (κ3) is 3.58. The Balaban J connectivity index is 1.50. The maximum Gasteiger partial charge on any atom is 0.214 e. The van der Waals surface area contributed by atoms with Crippen molar-refractivity contribution in [2.24, 2.45) is 0 Å². The molecule has 1 aliphatic rings. The van der Waals surface area contributed by atoms with E-state index in [-0.39, 0.29) is 5.88 Å². The number of fused-ring (bicyclic) bond motifs is 1. The molecule has 0 saturated carbocycles. The second kappa shape index (κ2) is 8.03. The van der Waals surface area contributed by atoms with Gasteiger partial charge in [-0.05, 0) is 24.3 Å². The fraction of sp³-hybridized carbons (Fsp3) is 0.167. The largest absolute Gasteiger partial charge is 0.493 e. The molecule has 6 rings (SSSR count). The van der Waals surface area contributed by atoms with Crippen molar-refractivity contribution in [3.05, 3.63) is 73.1 Å². The molecule has 0 radical (unpaired) electrons. The molecular weight excluding hydrogens is 418 g/mol. The number of morpholine rings is 1. The number of nitrogens with zero attached hydrogens (tertiary/aromatic N) is 7. The molecule has 0 amide bonds. The fourth-order valence-corrected chi connectivity index (χ4v) is 4.03. The Hall–Kier alpha value is -4.24. The first kappa shape index (κ1) is 19.4. The number of benzene rings is 1. The number of rotatable bonds is 4. The minimum Gasteiger partial charge on any atom is -0.493 e. The second-order valence-corrected chi connectivity index (χ2v) is 7.77. The summed E-state index contributed by atoms with van der Waals surface area (Å²) in [5.41, 5.74) is 4.51. The van der Waals surface area contributed by atoms with Crippen LogP contribution >= 0.6 is 0 Å². The van der Waals surface area contributed by atoms with Crippen LogP contribution < -0.4 is 4.90 Å². The van der Waals surface area contributed by atoms with Crippen LogP contribution in [0, 0.1) is 0 Å². The maximum atomic E-state index is 10.6. The molecule has 1 aliphatic heterocycles. The lowest BCUT2D eigenvalue weighted by atomic mass is 10.2. The van der Waals surface area contributed by atoms with Crippen LogP contribution in [0.25, 0.3) is 34.0 Å². The van der Waals surface area contributed by atoms with Gasteiger partial charge in [0.05, 0.1) is 30.3 Å². The first-order valence-electron chi connectivity index (χ1n) is 10.7. The van der Waals surface area contributed by atoms with E-state index in [9.17, 15) is 5.11 Å². The van der Waals surface area contributed by atoms with Gasteiger partial charge in [0.15, 0.2) is 5.65 Å². The Labute approximate surface area is 189 Å². The summed E-state index contributed by atoms with van der Waals surface area (Å²) in [6.45, 7) is 2.82. The molecule has 0 atom stereocenters. The number of hydrogen-bond acceptors (Lipinski definition) is 7. The van der Waals surface area contributed by atoms with Gasteiger partial charge in [-0.15, -0.1) is 0 Å². The molecular formula is C24H21N7O2. The highest BCUT2D eigenvalue weighted by atomic mass is 16.5. The van der Waals surface area contributed by atoms with E-state index >= 15 is 0 Å². The summed E-state index contributed by atoms with van der Waals surface area (Å²) >= 11 is 0. The molecule has 1 aromatic carbocycles. The van der Waals surface area contributed by atoms with Crippen molar-refractivity contribution < 1.29 is 9.84 Å². The molecule has 9 heteroatoms. The number of anilines is 1. The van der Waals surface area contributed by atoms with Gasteiger partial charge in [0, 0.05) is 49.2 Å². The summed E-state index contributed by atoms with van der Waals surface area (Å²) in [6, 6.07) is 18.9. The number of para-hydroxylation sites is 1. The average molecular weight is 439 g/mol. The quantitative estimate of drug-likeness (QED) is 0.460. The number of hydrogen-bond donors (Lipinski definition) is 1. The van der Waals surface area contributed by atoms with E-state index in [1.807, 2.05) is 59.1 Å². The van der Waals surface area contributed by atoms with Gasteiger partial charge >= 0.3 is 0 Å². The van der Waals surface area contributed by atoms with Crippen LogP contribution in [0.2, 0.25) is 0 Å². The van der Waals surface area contributed by atoms with E-state index in [0.29, 0.717) is 30.2 Å². The first-order chi connectivity index (χ1) is 16.3. The maximum absolute atomic E-state index is 10.6. The molecule has 1 N–H and O–H groups in total. The summed E-state index contributed by atoms with van der Waals surface area (Å²) in [5.74, 6) is 0.962. The standard InChI is InChI=1S/C24H21N7O2/c32-24-16-21(28-30(24)18-4-2-1-3-5-18)20-15-23(29-10-12-33-13-11-29)31-22(26-20)14-19(27-31)17-6-8-25-9-7-17/h1-9,14-16,32H,10-13H2. The van der Waals surface area contributed by atoms with Crippen molar-refractivity contribution in [3.8, 4) is 34.2 Å². The molecule has 0 unspecified atom stereocenters. The average Bonchev–Trinajstić information content (AvgIpc) is 3.49. The van der Waals surface area contributed by atoms with Gasteiger partial charge in [-0.2, -0.15) is 14.7 Å². The molecule has 5 aromatic rings. The summed E-state index contributed by atoms with van der Waals surface area (Å²) in [6.07, 6.45) is 3.50. The number of pyridine rings is 1. The van der Waals surface area contributed by atoms with E-state index in [2.05, 4.69) is 15.0 Å². The summed E-state index contributed by atoms with van der Waals surface area (Å²) in [5, 5.41) is 20.0. The van der Waals surface area contributed by atoms with Crippen LogP contribution in [0.3, 0.4) is 0 Å². The Morgan fingerprint density at radius 1 is 0.818 bits per heavy atom. The van der Waals surface area contributed by atoms with Crippen molar-refractivity contribution >= 4 is 11.5 Å². The van der Waals surface area contributed by atoms with Gasteiger partial charge in [-0.3, -0.25) is 4.98 Å². The molecule has 0 aliphatic carbocycles. The summed E-state index contributed by atoms with van der Waals surface area (Å²) < 4.78 is 8.92. The Bertz CT molecular complexity index is 1410. The van der Waals surface area contributed by atoms with Crippen LogP contribution in [0.1, 0.15) is 0 Å². The van der Waals surface area contributed by atoms with Crippen molar-refractivity contribution in [2.45, 2.75) is 0 Å². The monoisotopic (exact) mass is 439 g/mol. The van der Waals surface area contributed by atoms with Crippen molar-refractivity contribution in [2.75, 3.05) is 31.2 Å². The third-order valence-electron chi connectivity index (χ3n) is 5.67. The Kier molecular flexibility index (Phi) is 4.73. The Morgan fingerprint density at radius 2 is 1.61 bits per heavy atom.